The van der Waals surface area contributed by atoms with Gasteiger partial charge in [0.1, 0.15) is 6.04 Å². The summed E-state index contributed by atoms with van der Waals surface area (Å²) in [5, 5.41) is 10.4. The molecule has 25 heavy (non-hydrogen) atoms. The topological polar surface area (TPSA) is 80.9 Å². The number of aliphatic imine (C=N–C) groups is 1. The van der Waals surface area contributed by atoms with Crippen molar-refractivity contribution in [2.75, 3.05) is 6.61 Å². The molecule has 0 aliphatic carbocycles. The minimum atomic E-state index is -0.894. The van der Waals surface area contributed by atoms with Crippen LogP contribution in [0.1, 0.15) is 30.3 Å². The molecule has 1 aromatic heterocycles. The van der Waals surface area contributed by atoms with Crippen LogP contribution >= 0.6 is 27.3 Å². The number of carbonyl (C=O) groups is 1. The number of aromatic nitrogens is 1. The van der Waals surface area contributed by atoms with Gasteiger partial charge in [-0.05, 0) is 38.1 Å². The van der Waals surface area contributed by atoms with E-state index in [1.807, 2.05) is 18.2 Å². The molecule has 3 rings (SSSR count). The number of halogens is 1. The Labute approximate surface area is 156 Å². The number of hydrogen-bond acceptors (Lipinski definition) is 6. The average molecular weight is 423 g/mol. The smallest absolute Gasteiger partial charge is 0.329 e. The number of esters is 1. The maximum atomic E-state index is 12.2. The highest BCUT2D eigenvalue weighted by Gasteiger charge is 2.24. The number of rotatable bonds is 4. The molecular weight excluding hydrogens is 408 g/mol. The molecule has 0 saturated carbocycles. The van der Waals surface area contributed by atoms with Crippen LogP contribution in [-0.2, 0) is 9.53 Å². The van der Waals surface area contributed by atoms with Gasteiger partial charge in [-0.15, -0.1) is 0 Å². The highest BCUT2D eigenvalue weighted by Crippen LogP contribution is 2.36. The quantitative estimate of drug-likeness (QED) is 0.760. The lowest BCUT2D eigenvalue weighted by atomic mass is 10.1. The second-order valence-corrected chi connectivity index (χ2v) is 7.28. The largest absolute Gasteiger partial charge is 0.493 e. The molecule has 2 heterocycles. The van der Waals surface area contributed by atoms with Crippen molar-refractivity contribution in [1.29, 1.82) is 0 Å². The molecule has 8 heteroatoms. The first-order chi connectivity index (χ1) is 11.9. The van der Waals surface area contributed by atoms with E-state index in [-0.39, 0.29) is 12.5 Å². The highest BCUT2D eigenvalue weighted by atomic mass is 79.9. The Morgan fingerprint density at radius 3 is 3.00 bits per heavy atom. The number of fused-ring (bicyclic) bond motifs is 1. The SMILES string of the molecule is CCOC(=O)[C@@H](C)n1c(O)c(C=C2C=Nc3ccc(Br)cc32)sc1=O. The molecule has 0 saturated heterocycles. The third-order valence-corrected chi connectivity index (χ3v) is 5.14. The van der Waals surface area contributed by atoms with Gasteiger partial charge in [0.15, 0.2) is 0 Å². The predicted octanol–water partition coefficient (Wildman–Crippen LogP) is 3.76. The molecular formula is C17H15BrN2O4S. The first kappa shape index (κ1) is 17.6. The van der Waals surface area contributed by atoms with Gasteiger partial charge in [0.25, 0.3) is 0 Å². The summed E-state index contributed by atoms with van der Waals surface area (Å²) in [6, 6.07) is 4.81. The first-order valence-electron chi connectivity index (χ1n) is 7.59. The molecule has 1 atom stereocenters. The van der Waals surface area contributed by atoms with Crippen molar-refractivity contribution < 1.29 is 14.6 Å². The molecule has 1 aromatic carbocycles. The van der Waals surface area contributed by atoms with Gasteiger partial charge in [-0.3, -0.25) is 14.4 Å². The highest BCUT2D eigenvalue weighted by molar-refractivity contribution is 9.10. The third-order valence-electron chi connectivity index (χ3n) is 3.76. The van der Waals surface area contributed by atoms with Gasteiger partial charge in [-0.1, -0.05) is 27.3 Å². The van der Waals surface area contributed by atoms with E-state index in [2.05, 4.69) is 20.9 Å². The summed E-state index contributed by atoms with van der Waals surface area (Å²) in [5.41, 5.74) is 2.50. The van der Waals surface area contributed by atoms with Crippen LogP contribution in [0.15, 0.2) is 32.5 Å². The number of aromatic hydroxyl groups is 1. The Morgan fingerprint density at radius 2 is 2.28 bits per heavy atom. The normalized spacial score (nSPS) is 15.4. The second kappa shape index (κ2) is 6.97. The Kier molecular flexibility index (Phi) is 4.91. The summed E-state index contributed by atoms with van der Waals surface area (Å²) in [6.07, 6.45) is 3.37. The van der Waals surface area contributed by atoms with Crippen LogP contribution in [0, 0.1) is 0 Å². The van der Waals surface area contributed by atoms with E-state index in [9.17, 15) is 14.7 Å². The lowest BCUT2D eigenvalue weighted by Crippen LogP contribution is -2.25. The number of benzene rings is 1. The number of thiazole rings is 1. The van der Waals surface area contributed by atoms with Crippen LogP contribution in [0.3, 0.4) is 0 Å². The van der Waals surface area contributed by atoms with Crippen molar-refractivity contribution in [1.82, 2.24) is 4.57 Å². The fourth-order valence-corrected chi connectivity index (χ4v) is 3.78. The predicted molar refractivity (Wildman–Crippen MR) is 102 cm³/mol. The lowest BCUT2D eigenvalue weighted by molar-refractivity contribution is -0.146. The Hall–Kier alpha value is -2.19. The fraction of sp³-hybridized carbons (Fsp3) is 0.235. The molecule has 130 valence electrons. The summed E-state index contributed by atoms with van der Waals surface area (Å²) < 4.78 is 6.88. The van der Waals surface area contributed by atoms with E-state index in [0.29, 0.717) is 4.88 Å². The van der Waals surface area contributed by atoms with Crippen molar-refractivity contribution in [2.45, 2.75) is 19.9 Å². The van der Waals surface area contributed by atoms with Gasteiger partial charge in [0, 0.05) is 21.8 Å². The zero-order valence-corrected chi connectivity index (χ0v) is 15.9. The molecule has 0 bridgehead atoms. The number of ether oxygens (including phenoxy) is 1. The first-order valence-corrected chi connectivity index (χ1v) is 9.20. The standard InChI is InChI=1S/C17H15BrN2O4S/c1-3-24-16(22)9(2)20-15(21)14(25-17(20)23)6-10-8-19-13-5-4-11(18)7-12(10)13/h4-9,21H,3H2,1-2H3/t9-/m1/s1. The summed E-state index contributed by atoms with van der Waals surface area (Å²) in [7, 11) is 0. The maximum absolute atomic E-state index is 12.2. The Bertz CT molecular complexity index is 958. The summed E-state index contributed by atoms with van der Waals surface area (Å²) in [5.74, 6) is -0.812. The minimum absolute atomic E-state index is 0.210. The summed E-state index contributed by atoms with van der Waals surface area (Å²) in [4.78, 5) is 28.4. The van der Waals surface area contributed by atoms with Gasteiger partial charge in [0.2, 0.25) is 5.88 Å². The monoisotopic (exact) mass is 422 g/mol. The van der Waals surface area contributed by atoms with Gasteiger partial charge < -0.3 is 9.84 Å². The van der Waals surface area contributed by atoms with E-state index >= 15 is 0 Å². The Morgan fingerprint density at radius 1 is 1.52 bits per heavy atom. The van der Waals surface area contributed by atoms with Gasteiger partial charge in [-0.25, -0.2) is 4.79 Å². The molecule has 0 radical (unpaired) electrons. The molecule has 1 N–H and O–H groups in total. The van der Waals surface area contributed by atoms with E-state index in [4.69, 9.17) is 4.74 Å². The number of allylic oxidation sites excluding steroid dienone is 1. The number of nitrogens with zero attached hydrogens (tertiary/aromatic N) is 2. The fourth-order valence-electron chi connectivity index (χ4n) is 2.51. The lowest BCUT2D eigenvalue weighted by Gasteiger charge is -2.12. The van der Waals surface area contributed by atoms with Crippen molar-refractivity contribution in [3.63, 3.8) is 0 Å². The molecule has 0 unspecified atom stereocenters. The summed E-state index contributed by atoms with van der Waals surface area (Å²) >= 11 is 4.29. The van der Waals surface area contributed by atoms with Crippen LogP contribution in [0.4, 0.5) is 5.69 Å². The molecule has 2 aromatic rings. The van der Waals surface area contributed by atoms with Crippen LogP contribution in [-0.4, -0.2) is 28.5 Å². The van der Waals surface area contributed by atoms with Crippen molar-refractivity contribution >= 4 is 56.8 Å². The molecule has 0 spiro atoms. The van der Waals surface area contributed by atoms with Crippen LogP contribution in [0.2, 0.25) is 0 Å². The second-order valence-electron chi connectivity index (χ2n) is 5.37. The van der Waals surface area contributed by atoms with Gasteiger partial charge in [0.05, 0.1) is 17.2 Å². The Balaban J connectivity index is 2.01. The van der Waals surface area contributed by atoms with E-state index in [1.54, 1.807) is 19.2 Å². The molecule has 0 amide bonds. The van der Waals surface area contributed by atoms with Gasteiger partial charge >= 0.3 is 10.8 Å². The number of carbonyl (C=O) groups excluding carboxylic acids is 1. The zero-order valence-electron chi connectivity index (χ0n) is 13.5. The molecule has 0 fully saturated rings. The average Bonchev–Trinajstić information content (AvgIpc) is 3.08. The van der Waals surface area contributed by atoms with E-state index < -0.39 is 16.9 Å². The van der Waals surface area contributed by atoms with Crippen LogP contribution < -0.4 is 4.87 Å². The van der Waals surface area contributed by atoms with Crippen molar-refractivity contribution in [3.05, 3.63) is 42.8 Å². The molecule has 1 aliphatic rings. The molecule has 1 aliphatic heterocycles. The van der Waals surface area contributed by atoms with E-state index in [1.165, 1.54) is 6.92 Å². The molecule has 6 nitrogen and oxygen atoms in total. The van der Waals surface area contributed by atoms with E-state index in [0.717, 1.165) is 37.2 Å². The summed E-state index contributed by atoms with van der Waals surface area (Å²) in [6.45, 7) is 3.42. The van der Waals surface area contributed by atoms with Crippen LogP contribution in [0.5, 0.6) is 5.88 Å². The maximum Gasteiger partial charge on any atom is 0.329 e. The third kappa shape index (κ3) is 3.32. The van der Waals surface area contributed by atoms with Crippen molar-refractivity contribution in [2.24, 2.45) is 4.99 Å². The zero-order chi connectivity index (χ0) is 18.1. The minimum Gasteiger partial charge on any atom is -0.493 e. The van der Waals surface area contributed by atoms with Crippen LogP contribution in [0.25, 0.3) is 11.6 Å². The number of hydrogen-bond donors (Lipinski definition) is 1. The van der Waals surface area contributed by atoms with Crippen molar-refractivity contribution in [3.8, 4) is 5.88 Å². The van der Waals surface area contributed by atoms with Gasteiger partial charge in [-0.2, -0.15) is 0 Å².